The lowest BCUT2D eigenvalue weighted by molar-refractivity contribution is 0.0996. The maximum absolute atomic E-state index is 14.0. The first-order valence-electron chi connectivity index (χ1n) is 10.5. The number of rotatable bonds is 4. The molecule has 3 aromatic rings. The fourth-order valence-electron chi connectivity index (χ4n) is 4.38. The highest BCUT2D eigenvalue weighted by Crippen LogP contribution is 2.36. The van der Waals surface area contributed by atoms with E-state index in [1.165, 1.54) is 12.3 Å². The molecule has 2 saturated heterocycles. The van der Waals surface area contributed by atoms with Gasteiger partial charge in [-0.2, -0.15) is 0 Å². The third-order valence-electron chi connectivity index (χ3n) is 5.91. The molecule has 1 amide bonds. The Bertz CT molecular complexity index is 1140. The number of halogens is 1. The van der Waals surface area contributed by atoms with Gasteiger partial charge in [0, 0.05) is 30.1 Å². The van der Waals surface area contributed by atoms with Crippen molar-refractivity contribution in [3.05, 3.63) is 53.6 Å². The fourth-order valence-corrected chi connectivity index (χ4v) is 4.65. The second-order valence-electron chi connectivity index (χ2n) is 8.04. The van der Waals surface area contributed by atoms with Crippen LogP contribution in [0.25, 0.3) is 5.65 Å². The molecule has 0 bridgehead atoms. The van der Waals surface area contributed by atoms with Gasteiger partial charge in [0.1, 0.15) is 11.6 Å². The van der Waals surface area contributed by atoms with Gasteiger partial charge in [-0.15, -0.1) is 17.7 Å². The van der Waals surface area contributed by atoms with E-state index in [1.54, 1.807) is 16.8 Å². The Morgan fingerprint density at radius 1 is 1.29 bits per heavy atom. The molecule has 160 valence electrons. The molecule has 9 heteroatoms. The van der Waals surface area contributed by atoms with E-state index in [1.807, 2.05) is 18.2 Å². The van der Waals surface area contributed by atoms with E-state index >= 15 is 0 Å². The van der Waals surface area contributed by atoms with Gasteiger partial charge in [0.25, 0.3) is 5.91 Å². The lowest BCUT2D eigenvalue weighted by Crippen LogP contribution is -2.24. The minimum absolute atomic E-state index is 0.00195. The first-order chi connectivity index (χ1) is 15.1. The van der Waals surface area contributed by atoms with Crippen LogP contribution in [0, 0.1) is 11.7 Å². The maximum atomic E-state index is 14.0. The van der Waals surface area contributed by atoms with Crippen molar-refractivity contribution in [2.45, 2.75) is 30.2 Å². The normalized spacial score (nSPS) is 21.5. The molecule has 0 spiro atoms. The average Bonchev–Trinajstić information content (AvgIpc) is 3.51. The summed E-state index contributed by atoms with van der Waals surface area (Å²) < 4.78 is 15.5. The van der Waals surface area contributed by atoms with Crippen LogP contribution in [0.5, 0.6) is 0 Å². The molecule has 2 aliphatic rings. The van der Waals surface area contributed by atoms with E-state index in [0.29, 0.717) is 16.2 Å². The van der Waals surface area contributed by atoms with Crippen molar-refractivity contribution in [1.82, 2.24) is 19.9 Å². The van der Waals surface area contributed by atoms with E-state index in [2.05, 4.69) is 32.8 Å². The second kappa shape index (κ2) is 8.39. The Kier molecular flexibility index (Phi) is 5.45. The van der Waals surface area contributed by atoms with Gasteiger partial charge in [0.15, 0.2) is 11.3 Å². The van der Waals surface area contributed by atoms with Crippen molar-refractivity contribution in [1.29, 1.82) is 0 Å². The van der Waals surface area contributed by atoms with Gasteiger partial charge < -0.3 is 10.2 Å². The Hall–Kier alpha value is -2.78. The molecule has 1 aromatic carbocycles. The van der Waals surface area contributed by atoms with Gasteiger partial charge in [-0.05, 0) is 61.7 Å². The topological polar surface area (TPSA) is 74.9 Å². The van der Waals surface area contributed by atoms with Crippen LogP contribution in [0.1, 0.15) is 41.4 Å². The largest absolute Gasteiger partial charge is 0.348 e. The van der Waals surface area contributed by atoms with Crippen molar-refractivity contribution < 1.29 is 9.18 Å². The number of nitrogens with zero attached hydrogens (tertiary/aromatic N) is 5. The molecule has 2 atom stereocenters. The summed E-state index contributed by atoms with van der Waals surface area (Å²) in [6.07, 6.45) is 6.09. The van der Waals surface area contributed by atoms with E-state index in [9.17, 15) is 9.18 Å². The number of fused-ring (bicyclic) bond motifs is 1. The summed E-state index contributed by atoms with van der Waals surface area (Å²) in [7, 11) is 0. The Morgan fingerprint density at radius 2 is 2.19 bits per heavy atom. The van der Waals surface area contributed by atoms with Crippen LogP contribution in [0.3, 0.4) is 0 Å². The number of hydrogen-bond donors (Lipinski definition) is 2. The number of carbonyl (C=O) groups is 1. The molecule has 0 saturated carbocycles. The standard InChI is InChI=1S/C22H23FN6OS/c23-16-8-15(9-17(31)10-16)18-2-1-7-28(18)21-4-3-20-25-13-19(29(20)27-21)22(30)26-12-14-5-6-24-11-14/h3-4,8-10,12-14,18,24,31H,1-2,5-7,11H2/b26-12+/t14?,18-/m1/s1. The number of nitrogens with one attached hydrogen (secondary N) is 1. The number of anilines is 1. The van der Waals surface area contributed by atoms with Crippen LogP contribution >= 0.6 is 12.6 Å². The van der Waals surface area contributed by atoms with Crippen LogP contribution < -0.4 is 10.2 Å². The maximum Gasteiger partial charge on any atom is 0.296 e. The minimum atomic E-state index is -0.355. The van der Waals surface area contributed by atoms with Crippen molar-refractivity contribution in [2.75, 3.05) is 24.5 Å². The zero-order chi connectivity index (χ0) is 21.4. The molecule has 0 radical (unpaired) electrons. The van der Waals surface area contributed by atoms with Gasteiger partial charge in [-0.25, -0.2) is 18.9 Å². The molecule has 1 unspecified atom stereocenters. The molecule has 4 heterocycles. The number of hydrogen-bond acceptors (Lipinski definition) is 6. The van der Waals surface area contributed by atoms with E-state index in [-0.39, 0.29) is 23.7 Å². The number of imidazole rings is 1. The fraction of sp³-hybridized carbons (Fsp3) is 0.364. The number of carbonyl (C=O) groups excluding carboxylic acids is 1. The van der Waals surface area contributed by atoms with E-state index in [0.717, 1.165) is 50.3 Å². The summed E-state index contributed by atoms with van der Waals surface area (Å²) in [5, 5.41) is 7.96. The lowest BCUT2D eigenvalue weighted by Gasteiger charge is -2.26. The molecule has 2 fully saturated rings. The Labute approximate surface area is 184 Å². The molecule has 2 aromatic heterocycles. The van der Waals surface area contributed by atoms with Crippen molar-refractivity contribution in [3.63, 3.8) is 0 Å². The summed E-state index contributed by atoms with van der Waals surface area (Å²) in [5.74, 6) is 0.346. The summed E-state index contributed by atoms with van der Waals surface area (Å²) in [4.78, 5) is 23.9. The van der Waals surface area contributed by atoms with Gasteiger partial charge >= 0.3 is 0 Å². The van der Waals surface area contributed by atoms with Gasteiger partial charge in [-0.3, -0.25) is 4.79 Å². The molecule has 2 aliphatic heterocycles. The SMILES string of the molecule is O=C(/N=C/C1CCNC1)c1cnc2ccc(N3CCC[C@@H]3c3cc(F)cc(S)c3)nn12. The predicted octanol–water partition coefficient (Wildman–Crippen LogP) is 3.32. The summed E-state index contributed by atoms with van der Waals surface area (Å²) in [6.45, 7) is 2.59. The quantitative estimate of drug-likeness (QED) is 0.483. The lowest BCUT2D eigenvalue weighted by atomic mass is 10.0. The minimum Gasteiger partial charge on any atom is -0.348 e. The number of aliphatic imine (C=N–C) groups is 1. The smallest absolute Gasteiger partial charge is 0.296 e. The zero-order valence-corrected chi connectivity index (χ0v) is 17.8. The summed E-state index contributed by atoms with van der Waals surface area (Å²) in [6, 6.07) is 8.59. The molecule has 0 aliphatic carbocycles. The number of aromatic nitrogens is 3. The third-order valence-corrected chi connectivity index (χ3v) is 6.16. The second-order valence-corrected chi connectivity index (χ2v) is 8.55. The first kappa shape index (κ1) is 20.1. The van der Waals surface area contributed by atoms with Gasteiger partial charge in [-0.1, -0.05) is 0 Å². The van der Waals surface area contributed by atoms with Crippen LogP contribution in [0.4, 0.5) is 10.2 Å². The van der Waals surface area contributed by atoms with E-state index < -0.39 is 0 Å². The summed E-state index contributed by atoms with van der Waals surface area (Å²) >= 11 is 4.32. The Morgan fingerprint density at radius 3 is 3.00 bits per heavy atom. The number of amides is 1. The van der Waals surface area contributed by atoms with Crippen LogP contribution in [-0.2, 0) is 0 Å². The van der Waals surface area contributed by atoms with E-state index in [4.69, 9.17) is 5.10 Å². The molecule has 1 N–H and O–H groups in total. The number of benzene rings is 1. The molecule has 5 rings (SSSR count). The highest BCUT2D eigenvalue weighted by Gasteiger charge is 2.28. The van der Waals surface area contributed by atoms with Crippen molar-refractivity contribution in [3.8, 4) is 0 Å². The summed E-state index contributed by atoms with van der Waals surface area (Å²) in [5.41, 5.74) is 1.79. The molecular formula is C22H23FN6OS. The highest BCUT2D eigenvalue weighted by molar-refractivity contribution is 7.80. The van der Waals surface area contributed by atoms with Crippen LogP contribution in [0.15, 0.2) is 46.4 Å². The van der Waals surface area contributed by atoms with Crippen molar-refractivity contribution >= 4 is 36.2 Å². The monoisotopic (exact) mass is 438 g/mol. The zero-order valence-electron chi connectivity index (χ0n) is 16.9. The molecular weight excluding hydrogens is 415 g/mol. The predicted molar refractivity (Wildman–Crippen MR) is 120 cm³/mol. The average molecular weight is 439 g/mol. The third kappa shape index (κ3) is 4.07. The van der Waals surface area contributed by atoms with Crippen LogP contribution in [0.2, 0.25) is 0 Å². The molecule has 7 nitrogen and oxygen atoms in total. The van der Waals surface area contributed by atoms with Crippen molar-refractivity contribution in [2.24, 2.45) is 10.9 Å². The highest BCUT2D eigenvalue weighted by atomic mass is 32.1. The Balaban J connectivity index is 1.45. The first-order valence-corrected chi connectivity index (χ1v) is 10.9. The number of thiol groups is 1. The molecule has 31 heavy (non-hydrogen) atoms. The van der Waals surface area contributed by atoms with Crippen LogP contribution in [-0.4, -0.2) is 46.4 Å². The van der Waals surface area contributed by atoms with Gasteiger partial charge in [0.05, 0.1) is 12.2 Å². The van der Waals surface area contributed by atoms with Gasteiger partial charge in [0.2, 0.25) is 0 Å².